The van der Waals surface area contributed by atoms with Crippen LogP contribution < -0.4 is 10.6 Å². The van der Waals surface area contributed by atoms with Crippen LogP contribution in [-0.4, -0.2) is 62.5 Å². The van der Waals surface area contributed by atoms with E-state index in [0.29, 0.717) is 0 Å². The standard InChI is InChI=1S/C16H26N4O/c1-4-20(11-5-10-19(2)3)16(21)13-6-7-14-15(12-13)18-9-8-17-14/h6-7,12,17-18H,4-5,8-11H2,1-3H3. The molecule has 1 heterocycles. The molecule has 1 aromatic rings. The smallest absolute Gasteiger partial charge is 0.253 e. The van der Waals surface area contributed by atoms with Crippen LogP contribution in [0.25, 0.3) is 0 Å². The Morgan fingerprint density at radius 3 is 2.52 bits per heavy atom. The number of hydrogen-bond donors (Lipinski definition) is 2. The first-order valence-electron chi connectivity index (χ1n) is 7.67. The lowest BCUT2D eigenvalue weighted by Gasteiger charge is -2.24. The van der Waals surface area contributed by atoms with Crippen LogP contribution in [0.3, 0.4) is 0 Å². The number of nitrogens with one attached hydrogen (secondary N) is 2. The zero-order chi connectivity index (χ0) is 15.2. The summed E-state index contributed by atoms with van der Waals surface area (Å²) in [5.74, 6) is 0.117. The van der Waals surface area contributed by atoms with Crippen molar-refractivity contribution in [2.24, 2.45) is 0 Å². The quantitative estimate of drug-likeness (QED) is 0.840. The lowest BCUT2D eigenvalue weighted by Crippen LogP contribution is -2.33. The molecule has 0 spiro atoms. The summed E-state index contributed by atoms with van der Waals surface area (Å²) < 4.78 is 0. The van der Waals surface area contributed by atoms with E-state index in [-0.39, 0.29) is 5.91 Å². The molecule has 0 atom stereocenters. The number of hydrogen-bond acceptors (Lipinski definition) is 4. The highest BCUT2D eigenvalue weighted by Gasteiger charge is 2.16. The fraction of sp³-hybridized carbons (Fsp3) is 0.562. The minimum atomic E-state index is 0.117. The SMILES string of the molecule is CCN(CCCN(C)C)C(=O)c1ccc2c(c1)NCCN2. The van der Waals surface area contributed by atoms with Gasteiger partial charge in [-0.15, -0.1) is 0 Å². The van der Waals surface area contributed by atoms with Gasteiger partial charge in [-0.1, -0.05) is 0 Å². The van der Waals surface area contributed by atoms with Gasteiger partial charge in [0.05, 0.1) is 11.4 Å². The molecular weight excluding hydrogens is 264 g/mol. The topological polar surface area (TPSA) is 47.6 Å². The van der Waals surface area contributed by atoms with Crippen molar-refractivity contribution < 1.29 is 4.79 Å². The number of carbonyl (C=O) groups is 1. The van der Waals surface area contributed by atoms with E-state index in [1.165, 1.54) is 0 Å². The van der Waals surface area contributed by atoms with Gasteiger partial charge < -0.3 is 20.4 Å². The van der Waals surface area contributed by atoms with Crippen molar-refractivity contribution in [3.05, 3.63) is 23.8 Å². The molecule has 0 aliphatic carbocycles. The van der Waals surface area contributed by atoms with E-state index in [0.717, 1.165) is 56.1 Å². The van der Waals surface area contributed by atoms with Gasteiger partial charge in [0.15, 0.2) is 0 Å². The Labute approximate surface area is 127 Å². The number of fused-ring (bicyclic) bond motifs is 1. The van der Waals surface area contributed by atoms with Crippen molar-refractivity contribution >= 4 is 17.3 Å². The van der Waals surface area contributed by atoms with Crippen LogP contribution in [0.2, 0.25) is 0 Å². The number of benzene rings is 1. The molecule has 1 aliphatic rings. The van der Waals surface area contributed by atoms with Crippen LogP contribution in [0.5, 0.6) is 0 Å². The monoisotopic (exact) mass is 290 g/mol. The zero-order valence-electron chi connectivity index (χ0n) is 13.3. The maximum atomic E-state index is 12.6. The summed E-state index contributed by atoms with van der Waals surface area (Å²) in [6, 6.07) is 5.86. The van der Waals surface area contributed by atoms with E-state index in [1.807, 2.05) is 30.0 Å². The van der Waals surface area contributed by atoms with E-state index < -0.39 is 0 Å². The van der Waals surface area contributed by atoms with E-state index in [4.69, 9.17) is 0 Å². The summed E-state index contributed by atoms with van der Waals surface area (Å²) in [6.07, 6.45) is 0.997. The fourth-order valence-electron chi connectivity index (χ4n) is 2.54. The van der Waals surface area contributed by atoms with Crippen LogP contribution in [0, 0.1) is 0 Å². The maximum absolute atomic E-state index is 12.6. The molecule has 116 valence electrons. The second kappa shape index (κ2) is 7.31. The van der Waals surface area contributed by atoms with Crippen molar-refractivity contribution in [3.63, 3.8) is 0 Å². The molecule has 1 aliphatic heterocycles. The van der Waals surface area contributed by atoms with Gasteiger partial charge in [-0.25, -0.2) is 0 Å². The second-order valence-corrected chi connectivity index (χ2v) is 5.66. The molecule has 5 heteroatoms. The molecule has 0 bridgehead atoms. The van der Waals surface area contributed by atoms with Crippen molar-refractivity contribution in [3.8, 4) is 0 Å². The Kier molecular flexibility index (Phi) is 5.44. The molecule has 1 aromatic carbocycles. The molecule has 2 rings (SSSR count). The van der Waals surface area contributed by atoms with Crippen molar-refractivity contribution in [2.45, 2.75) is 13.3 Å². The van der Waals surface area contributed by atoms with Crippen LogP contribution in [0.15, 0.2) is 18.2 Å². The predicted octanol–water partition coefficient (Wildman–Crippen LogP) is 1.94. The molecule has 0 fully saturated rings. The molecule has 2 N–H and O–H groups in total. The summed E-state index contributed by atoms with van der Waals surface area (Å²) in [5.41, 5.74) is 2.86. The highest BCUT2D eigenvalue weighted by atomic mass is 16.2. The van der Waals surface area contributed by atoms with Gasteiger partial charge in [-0.05, 0) is 52.2 Å². The second-order valence-electron chi connectivity index (χ2n) is 5.66. The summed E-state index contributed by atoms with van der Waals surface area (Å²) in [6.45, 7) is 6.40. The van der Waals surface area contributed by atoms with E-state index in [9.17, 15) is 4.79 Å². The molecule has 0 saturated heterocycles. The number of amides is 1. The number of carbonyl (C=O) groups excluding carboxylic acids is 1. The predicted molar refractivity (Wildman–Crippen MR) is 88.2 cm³/mol. The first kappa shape index (κ1) is 15.6. The van der Waals surface area contributed by atoms with E-state index >= 15 is 0 Å². The van der Waals surface area contributed by atoms with Gasteiger partial charge in [-0.2, -0.15) is 0 Å². The van der Waals surface area contributed by atoms with E-state index in [2.05, 4.69) is 29.6 Å². The summed E-state index contributed by atoms with van der Waals surface area (Å²) in [7, 11) is 4.11. The Morgan fingerprint density at radius 2 is 1.86 bits per heavy atom. The third kappa shape index (κ3) is 4.11. The fourth-order valence-corrected chi connectivity index (χ4v) is 2.54. The summed E-state index contributed by atoms with van der Waals surface area (Å²) >= 11 is 0. The van der Waals surface area contributed by atoms with Gasteiger partial charge in [0.2, 0.25) is 0 Å². The first-order valence-corrected chi connectivity index (χ1v) is 7.67. The normalized spacial score (nSPS) is 13.3. The van der Waals surface area contributed by atoms with Crippen LogP contribution in [0.1, 0.15) is 23.7 Å². The molecular formula is C16H26N4O. The zero-order valence-corrected chi connectivity index (χ0v) is 13.3. The molecule has 1 amide bonds. The highest BCUT2D eigenvalue weighted by Crippen LogP contribution is 2.25. The van der Waals surface area contributed by atoms with Crippen molar-refractivity contribution in [2.75, 3.05) is 57.5 Å². The molecule has 5 nitrogen and oxygen atoms in total. The lowest BCUT2D eigenvalue weighted by molar-refractivity contribution is 0.0759. The minimum absolute atomic E-state index is 0.117. The highest BCUT2D eigenvalue weighted by molar-refractivity contribution is 5.96. The molecule has 0 saturated carbocycles. The van der Waals surface area contributed by atoms with Gasteiger partial charge in [-0.3, -0.25) is 4.79 Å². The average molecular weight is 290 g/mol. The Bertz CT molecular complexity index is 487. The van der Waals surface area contributed by atoms with Crippen LogP contribution in [0.4, 0.5) is 11.4 Å². The van der Waals surface area contributed by atoms with Gasteiger partial charge in [0.25, 0.3) is 5.91 Å². The first-order chi connectivity index (χ1) is 10.1. The van der Waals surface area contributed by atoms with Gasteiger partial charge in [0.1, 0.15) is 0 Å². The Morgan fingerprint density at radius 1 is 1.14 bits per heavy atom. The third-order valence-electron chi connectivity index (χ3n) is 3.72. The molecule has 0 unspecified atom stereocenters. The maximum Gasteiger partial charge on any atom is 0.253 e. The molecule has 0 aromatic heterocycles. The number of rotatable bonds is 6. The van der Waals surface area contributed by atoms with Crippen molar-refractivity contribution in [1.82, 2.24) is 9.80 Å². The van der Waals surface area contributed by atoms with Gasteiger partial charge in [0, 0.05) is 31.7 Å². The van der Waals surface area contributed by atoms with Gasteiger partial charge >= 0.3 is 0 Å². The minimum Gasteiger partial charge on any atom is -0.382 e. The Hall–Kier alpha value is -1.75. The Balaban J connectivity index is 2.03. The summed E-state index contributed by atoms with van der Waals surface area (Å²) in [5, 5.41) is 6.66. The molecule has 0 radical (unpaired) electrons. The third-order valence-corrected chi connectivity index (χ3v) is 3.72. The summed E-state index contributed by atoms with van der Waals surface area (Å²) in [4.78, 5) is 16.7. The molecule has 21 heavy (non-hydrogen) atoms. The number of anilines is 2. The average Bonchev–Trinajstić information content (AvgIpc) is 2.50. The lowest BCUT2D eigenvalue weighted by atomic mass is 10.1. The largest absolute Gasteiger partial charge is 0.382 e. The van der Waals surface area contributed by atoms with E-state index in [1.54, 1.807) is 0 Å². The number of nitrogens with zero attached hydrogens (tertiary/aromatic N) is 2. The van der Waals surface area contributed by atoms with Crippen LogP contribution in [-0.2, 0) is 0 Å². The van der Waals surface area contributed by atoms with Crippen LogP contribution >= 0.6 is 0 Å². The van der Waals surface area contributed by atoms with Crippen molar-refractivity contribution in [1.29, 1.82) is 0 Å².